The van der Waals surface area contributed by atoms with E-state index in [1.165, 1.54) is 6.92 Å². The summed E-state index contributed by atoms with van der Waals surface area (Å²) in [5.74, 6) is -2.26. The quantitative estimate of drug-likeness (QED) is 0.505. The fourth-order valence-electron chi connectivity index (χ4n) is 1.93. The van der Waals surface area contributed by atoms with Crippen LogP contribution in [0.15, 0.2) is 36.4 Å². The second-order valence-corrected chi connectivity index (χ2v) is 4.89. The third-order valence-electron chi connectivity index (χ3n) is 3.12. The summed E-state index contributed by atoms with van der Waals surface area (Å²) in [5, 5.41) is 13.2. The molecule has 6 nitrogen and oxygen atoms in total. The largest absolute Gasteiger partial charge is 0.573 e. The lowest BCUT2D eigenvalue weighted by Gasteiger charge is -2.10. The lowest BCUT2D eigenvalue weighted by Crippen LogP contribution is -2.17. The molecule has 10 heteroatoms. The van der Waals surface area contributed by atoms with E-state index in [9.17, 15) is 32.5 Å². The highest BCUT2D eigenvalue weighted by molar-refractivity contribution is 6.04. The molecule has 0 unspecified atom stereocenters. The van der Waals surface area contributed by atoms with Crippen molar-refractivity contribution < 1.29 is 32.0 Å². The standard InChI is InChI=1S/C15H10F4N2O4/c1-8-12(16)6-9(7-13(8)21(23)24)14(22)20-10-2-4-11(5-3-10)25-15(17,18)19/h2-7H,1H3,(H,20,22). The minimum Gasteiger partial charge on any atom is -0.406 e. The molecule has 1 N–H and O–H groups in total. The summed E-state index contributed by atoms with van der Waals surface area (Å²) in [6.07, 6.45) is -4.84. The van der Waals surface area contributed by atoms with Gasteiger partial charge in [-0.05, 0) is 37.3 Å². The van der Waals surface area contributed by atoms with E-state index in [-0.39, 0.29) is 16.8 Å². The molecule has 0 fully saturated rings. The number of benzene rings is 2. The van der Waals surface area contributed by atoms with Gasteiger partial charge in [-0.3, -0.25) is 14.9 Å². The highest BCUT2D eigenvalue weighted by atomic mass is 19.4. The Morgan fingerprint density at radius 1 is 1.20 bits per heavy atom. The van der Waals surface area contributed by atoms with E-state index in [0.29, 0.717) is 0 Å². The van der Waals surface area contributed by atoms with Crippen LogP contribution in [0.4, 0.5) is 28.9 Å². The Kier molecular flexibility index (Phi) is 4.91. The summed E-state index contributed by atoms with van der Waals surface area (Å²) >= 11 is 0. The molecular weight excluding hydrogens is 348 g/mol. The van der Waals surface area contributed by atoms with Crippen LogP contribution in [0.2, 0.25) is 0 Å². The number of nitro benzene ring substituents is 1. The van der Waals surface area contributed by atoms with E-state index in [1.807, 2.05) is 0 Å². The molecule has 2 aromatic rings. The molecule has 0 aliphatic heterocycles. The number of amides is 1. The van der Waals surface area contributed by atoms with Gasteiger partial charge >= 0.3 is 6.36 Å². The van der Waals surface area contributed by atoms with Crippen LogP contribution in [0.3, 0.4) is 0 Å². The number of carbonyl (C=O) groups excluding carboxylic acids is 1. The first-order valence-electron chi connectivity index (χ1n) is 6.68. The molecule has 0 atom stereocenters. The first kappa shape index (κ1) is 18.2. The van der Waals surface area contributed by atoms with Gasteiger partial charge in [-0.15, -0.1) is 13.2 Å². The normalized spacial score (nSPS) is 11.1. The third kappa shape index (κ3) is 4.66. The molecule has 0 aliphatic carbocycles. The molecule has 0 bridgehead atoms. The van der Waals surface area contributed by atoms with Gasteiger partial charge < -0.3 is 10.1 Å². The van der Waals surface area contributed by atoms with Crippen LogP contribution >= 0.6 is 0 Å². The maximum Gasteiger partial charge on any atom is 0.573 e. The van der Waals surface area contributed by atoms with Crippen molar-refractivity contribution in [2.45, 2.75) is 13.3 Å². The van der Waals surface area contributed by atoms with Gasteiger partial charge in [0.1, 0.15) is 11.6 Å². The van der Waals surface area contributed by atoms with Crippen LogP contribution in [0, 0.1) is 22.9 Å². The average molecular weight is 358 g/mol. The van der Waals surface area contributed by atoms with E-state index >= 15 is 0 Å². The molecule has 0 aromatic heterocycles. The lowest BCUT2D eigenvalue weighted by molar-refractivity contribution is -0.385. The van der Waals surface area contributed by atoms with Crippen LogP contribution in [0.25, 0.3) is 0 Å². The number of anilines is 1. The zero-order chi connectivity index (χ0) is 18.8. The van der Waals surface area contributed by atoms with E-state index in [0.717, 1.165) is 36.4 Å². The van der Waals surface area contributed by atoms with Crippen LogP contribution < -0.4 is 10.1 Å². The number of rotatable bonds is 4. The fourth-order valence-corrected chi connectivity index (χ4v) is 1.93. The number of nitrogens with one attached hydrogen (secondary N) is 1. The minimum atomic E-state index is -4.84. The number of nitrogens with zero attached hydrogens (tertiary/aromatic N) is 1. The summed E-state index contributed by atoms with van der Waals surface area (Å²) in [4.78, 5) is 22.1. The number of hydrogen-bond donors (Lipinski definition) is 1. The van der Waals surface area contributed by atoms with Gasteiger partial charge in [0, 0.05) is 17.3 Å². The lowest BCUT2D eigenvalue weighted by atomic mass is 10.1. The summed E-state index contributed by atoms with van der Waals surface area (Å²) in [6, 6.07) is 5.96. The maximum absolute atomic E-state index is 13.7. The SMILES string of the molecule is Cc1c(F)cc(C(=O)Nc2ccc(OC(F)(F)F)cc2)cc1[N+](=O)[O-]. The Hall–Kier alpha value is -3.17. The molecule has 1 amide bonds. The molecule has 2 aromatic carbocycles. The zero-order valence-corrected chi connectivity index (χ0v) is 12.6. The predicted octanol–water partition coefficient (Wildman–Crippen LogP) is 4.19. The van der Waals surface area contributed by atoms with Gasteiger partial charge in [0.25, 0.3) is 11.6 Å². The predicted molar refractivity (Wildman–Crippen MR) is 78.9 cm³/mol. The fraction of sp³-hybridized carbons (Fsp3) is 0.133. The number of carbonyl (C=O) groups is 1. The van der Waals surface area contributed by atoms with Gasteiger partial charge in [-0.25, -0.2) is 4.39 Å². The molecule has 0 heterocycles. The van der Waals surface area contributed by atoms with Gasteiger partial charge in [0.05, 0.1) is 10.5 Å². The molecule has 132 valence electrons. The Morgan fingerprint density at radius 2 is 1.80 bits per heavy atom. The average Bonchev–Trinajstić information content (AvgIpc) is 2.50. The molecular formula is C15H10F4N2O4. The minimum absolute atomic E-state index is 0.100. The molecule has 0 spiro atoms. The van der Waals surface area contributed by atoms with E-state index in [2.05, 4.69) is 10.1 Å². The van der Waals surface area contributed by atoms with Crippen molar-refractivity contribution in [2.24, 2.45) is 0 Å². The number of halogens is 4. The van der Waals surface area contributed by atoms with Crippen molar-refractivity contribution in [2.75, 3.05) is 5.32 Å². The first-order chi connectivity index (χ1) is 11.6. The van der Waals surface area contributed by atoms with Crippen molar-refractivity contribution in [3.05, 3.63) is 63.5 Å². The van der Waals surface area contributed by atoms with Crippen molar-refractivity contribution in [1.29, 1.82) is 0 Å². The highest BCUT2D eigenvalue weighted by Gasteiger charge is 2.31. The van der Waals surface area contributed by atoms with E-state index < -0.39 is 34.4 Å². The molecule has 25 heavy (non-hydrogen) atoms. The highest BCUT2D eigenvalue weighted by Crippen LogP contribution is 2.25. The number of alkyl halides is 3. The topological polar surface area (TPSA) is 81.5 Å². The monoisotopic (exact) mass is 358 g/mol. The van der Waals surface area contributed by atoms with E-state index in [1.54, 1.807) is 0 Å². The van der Waals surface area contributed by atoms with Crippen molar-refractivity contribution >= 4 is 17.3 Å². The van der Waals surface area contributed by atoms with Crippen LogP contribution in [0.5, 0.6) is 5.75 Å². The number of ether oxygens (including phenoxy) is 1. The Morgan fingerprint density at radius 3 is 2.32 bits per heavy atom. The molecule has 0 aliphatic rings. The maximum atomic E-state index is 13.7. The van der Waals surface area contributed by atoms with Crippen LogP contribution in [0.1, 0.15) is 15.9 Å². The number of nitro groups is 1. The molecule has 2 rings (SSSR count). The van der Waals surface area contributed by atoms with Gasteiger partial charge in [-0.1, -0.05) is 0 Å². The van der Waals surface area contributed by atoms with Crippen LogP contribution in [-0.4, -0.2) is 17.2 Å². The first-order valence-corrected chi connectivity index (χ1v) is 6.68. The van der Waals surface area contributed by atoms with Gasteiger partial charge in [-0.2, -0.15) is 0 Å². The van der Waals surface area contributed by atoms with Gasteiger partial charge in [0.15, 0.2) is 0 Å². The van der Waals surface area contributed by atoms with Crippen molar-refractivity contribution in [3.63, 3.8) is 0 Å². The summed E-state index contributed by atoms with van der Waals surface area (Å²) in [5.41, 5.74) is -0.970. The second kappa shape index (κ2) is 6.75. The molecule has 0 saturated heterocycles. The Balaban J connectivity index is 2.18. The Bertz CT molecular complexity index is 820. The third-order valence-corrected chi connectivity index (χ3v) is 3.12. The van der Waals surface area contributed by atoms with Crippen molar-refractivity contribution in [3.8, 4) is 5.75 Å². The summed E-state index contributed by atoms with van der Waals surface area (Å²) in [7, 11) is 0. The van der Waals surface area contributed by atoms with Crippen LogP contribution in [-0.2, 0) is 0 Å². The van der Waals surface area contributed by atoms with Gasteiger partial charge in [0.2, 0.25) is 0 Å². The molecule has 0 saturated carbocycles. The second-order valence-electron chi connectivity index (χ2n) is 4.89. The Labute approximate surface area is 138 Å². The summed E-state index contributed by atoms with van der Waals surface area (Å²) < 4.78 is 53.6. The number of hydrogen-bond acceptors (Lipinski definition) is 4. The zero-order valence-electron chi connectivity index (χ0n) is 12.6. The summed E-state index contributed by atoms with van der Waals surface area (Å²) in [6.45, 7) is 1.20. The van der Waals surface area contributed by atoms with Crippen molar-refractivity contribution in [1.82, 2.24) is 0 Å². The smallest absolute Gasteiger partial charge is 0.406 e. The molecule has 0 radical (unpaired) electrons. The van der Waals surface area contributed by atoms with E-state index in [4.69, 9.17) is 0 Å².